The number of halogens is 1. The van der Waals surface area contributed by atoms with Crippen molar-refractivity contribution >= 4 is 17.6 Å². The van der Waals surface area contributed by atoms with Crippen LogP contribution in [0.2, 0.25) is 5.02 Å². The van der Waals surface area contributed by atoms with Crippen LogP contribution in [0.1, 0.15) is 31.0 Å². The predicted octanol–water partition coefficient (Wildman–Crippen LogP) is 4.15. The van der Waals surface area contributed by atoms with E-state index in [4.69, 9.17) is 16.3 Å². The molecule has 0 spiro atoms. The third-order valence-corrected chi connectivity index (χ3v) is 5.38. The molecule has 1 fully saturated rings. The molecule has 0 aliphatic carbocycles. The lowest BCUT2D eigenvalue weighted by Crippen LogP contribution is -2.57. The summed E-state index contributed by atoms with van der Waals surface area (Å²) in [7, 11) is 0. The summed E-state index contributed by atoms with van der Waals surface area (Å²) in [5.41, 5.74) is 2.36. The average Bonchev–Trinajstić information content (AvgIpc) is 2.69. The third kappa shape index (κ3) is 4.89. The maximum atomic E-state index is 12.8. The van der Waals surface area contributed by atoms with Crippen molar-refractivity contribution in [3.8, 4) is 0 Å². The van der Waals surface area contributed by atoms with Gasteiger partial charge in [0.05, 0.1) is 6.61 Å². The summed E-state index contributed by atoms with van der Waals surface area (Å²) in [6, 6.07) is 18.1. The smallest absolute Gasteiger partial charge is 0.324 e. The van der Waals surface area contributed by atoms with E-state index in [1.165, 1.54) is 11.1 Å². The van der Waals surface area contributed by atoms with Gasteiger partial charge in [-0.3, -0.25) is 14.6 Å². The molecule has 1 saturated heterocycles. The van der Waals surface area contributed by atoms with Crippen molar-refractivity contribution in [1.29, 1.82) is 0 Å². The highest BCUT2D eigenvalue weighted by molar-refractivity contribution is 6.30. The van der Waals surface area contributed by atoms with Crippen molar-refractivity contribution in [3.05, 3.63) is 70.7 Å². The quantitative estimate of drug-likeness (QED) is 0.698. The van der Waals surface area contributed by atoms with Gasteiger partial charge in [-0.05, 0) is 36.7 Å². The van der Waals surface area contributed by atoms with Gasteiger partial charge < -0.3 is 4.74 Å². The summed E-state index contributed by atoms with van der Waals surface area (Å²) >= 11 is 6.09. The first-order valence-corrected chi connectivity index (χ1v) is 9.94. The minimum Gasteiger partial charge on any atom is -0.465 e. The van der Waals surface area contributed by atoms with Gasteiger partial charge in [-0.25, -0.2) is 0 Å². The first-order valence-electron chi connectivity index (χ1n) is 9.56. The van der Waals surface area contributed by atoms with Crippen LogP contribution >= 0.6 is 11.6 Å². The van der Waals surface area contributed by atoms with Crippen molar-refractivity contribution in [2.75, 3.05) is 26.2 Å². The monoisotopic (exact) mass is 386 g/mol. The fourth-order valence-electron chi connectivity index (χ4n) is 3.69. The van der Waals surface area contributed by atoms with Gasteiger partial charge in [0, 0.05) is 30.7 Å². The standard InChI is InChI=1S/C22H27ClN2O2/c1-3-24-15-20(18-10-12-19(23)13-11-18)25(14-17-8-6-5-7-9-17)21(16-24)22(26)27-4-2/h5-13,20-21H,3-4,14-16H2,1-2H3. The Morgan fingerprint density at radius 1 is 1.07 bits per heavy atom. The van der Waals surface area contributed by atoms with Crippen LogP contribution in [0.5, 0.6) is 0 Å². The molecule has 0 saturated carbocycles. The number of nitrogens with zero attached hydrogens (tertiary/aromatic N) is 2. The molecule has 0 amide bonds. The summed E-state index contributed by atoms with van der Waals surface area (Å²) in [4.78, 5) is 17.4. The van der Waals surface area contributed by atoms with Crippen LogP contribution in [0.4, 0.5) is 0 Å². The number of benzene rings is 2. The molecule has 1 heterocycles. The summed E-state index contributed by atoms with van der Waals surface area (Å²) in [5, 5.41) is 0.721. The Labute approximate surface area is 166 Å². The molecule has 1 aliphatic rings. The van der Waals surface area contributed by atoms with Crippen molar-refractivity contribution in [2.24, 2.45) is 0 Å². The van der Waals surface area contributed by atoms with Crippen molar-refractivity contribution in [2.45, 2.75) is 32.5 Å². The summed E-state index contributed by atoms with van der Waals surface area (Å²) in [6.45, 7) is 7.55. The molecule has 0 radical (unpaired) electrons. The van der Waals surface area contributed by atoms with Crippen molar-refractivity contribution < 1.29 is 9.53 Å². The molecular formula is C22H27ClN2O2. The van der Waals surface area contributed by atoms with Crippen LogP contribution in [0.25, 0.3) is 0 Å². The summed E-state index contributed by atoms with van der Waals surface area (Å²) < 4.78 is 5.42. The normalized spacial score (nSPS) is 21.1. The van der Waals surface area contributed by atoms with E-state index in [1.807, 2.05) is 37.3 Å². The second-order valence-electron chi connectivity index (χ2n) is 6.85. The molecule has 2 aromatic carbocycles. The lowest BCUT2D eigenvalue weighted by atomic mass is 9.97. The molecule has 3 rings (SSSR count). The molecule has 0 N–H and O–H groups in total. The third-order valence-electron chi connectivity index (χ3n) is 5.13. The van der Waals surface area contributed by atoms with Gasteiger partial charge in [-0.15, -0.1) is 0 Å². The molecule has 5 heteroatoms. The number of likely N-dealkylation sites (N-methyl/N-ethyl adjacent to an activating group) is 1. The van der Waals surface area contributed by atoms with Gasteiger partial charge in [0.15, 0.2) is 0 Å². The number of carbonyl (C=O) groups is 1. The number of piperazine rings is 1. The summed E-state index contributed by atoms with van der Waals surface area (Å²) in [5.74, 6) is -0.148. The second kappa shape index (κ2) is 9.36. The van der Waals surface area contributed by atoms with Crippen molar-refractivity contribution in [3.63, 3.8) is 0 Å². The number of carbonyl (C=O) groups excluding carboxylic acids is 1. The molecule has 1 aliphatic heterocycles. The maximum absolute atomic E-state index is 12.8. The first-order chi connectivity index (χ1) is 13.1. The maximum Gasteiger partial charge on any atom is 0.324 e. The lowest BCUT2D eigenvalue weighted by Gasteiger charge is -2.45. The second-order valence-corrected chi connectivity index (χ2v) is 7.28. The van der Waals surface area contributed by atoms with Gasteiger partial charge >= 0.3 is 5.97 Å². The van der Waals surface area contributed by atoms with E-state index >= 15 is 0 Å². The Morgan fingerprint density at radius 2 is 1.78 bits per heavy atom. The molecule has 0 bridgehead atoms. The minimum absolute atomic E-state index is 0.102. The number of ether oxygens (including phenoxy) is 1. The van der Waals surface area contributed by atoms with Crippen molar-refractivity contribution in [1.82, 2.24) is 9.80 Å². The highest BCUT2D eigenvalue weighted by Crippen LogP contribution is 2.31. The van der Waals surface area contributed by atoms with Crippen LogP contribution in [0, 0.1) is 0 Å². The number of hydrogen-bond acceptors (Lipinski definition) is 4. The molecule has 4 nitrogen and oxygen atoms in total. The van der Waals surface area contributed by atoms with Crippen LogP contribution in [-0.2, 0) is 16.1 Å². The van der Waals surface area contributed by atoms with Gasteiger partial charge in [0.2, 0.25) is 0 Å². The molecule has 2 unspecified atom stereocenters. The van der Waals surface area contributed by atoms with Gasteiger partial charge in [0.1, 0.15) is 6.04 Å². The zero-order valence-corrected chi connectivity index (χ0v) is 16.7. The number of hydrogen-bond donors (Lipinski definition) is 0. The van der Waals surface area contributed by atoms with Crippen LogP contribution in [0.3, 0.4) is 0 Å². The van der Waals surface area contributed by atoms with E-state index in [0.29, 0.717) is 19.7 Å². The zero-order chi connectivity index (χ0) is 19.2. The fourth-order valence-corrected chi connectivity index (χ4v) is 3.82. The van der Waals surface area contributed by atoms with E-state index in [1.54, 1.807) is 0 Å². The number of esters is 1. The Kier molecular flexibility index (Phi) is 6.89. The molecular weight excluding hydrogens is 360 g/mol. The van der Waals surface area contributed by atoms with E-state index in [0.717, 1.165) is 18.1 Å². The first kappa shape index (κ1) is 19.9. The van der Waals surface area contributed by atoms with E-state index < -0.39 is 0 Å². The van der Waals surface area contributed by atoms with E-state index in [2.05, 4.69) is 41.0 Å². The topological polar surface area (TPSA) is 32.8 Å². The van der Waals surface area contributed by atoms with Gasteiger partial charge in [-0.2, -0.15) is 0 Å². The van der Waals surface area contributed by atoms with E-state index in [-0.39, 0.29) is 18.1 Å². The number of rotatable bonds is 6. The largest absolute Gasteiger partial charge is 0.465 e. The molecule has 27 heavy (non-hydrogen) atoms. The zero-order valence-electron chi connectivity index (χ0n) is 16.0. The summed E-state index contributed by atoms with van der Waals surface area (Å²) in [6.07, 6.45) is 0. The Morgan fingerprint density at radius 3 is 2.41 bits per heavy atom. The Balaban J connectivity index is 1.96. The highest BCUT2D eigenvalue weighted by Gasteiger charge is 2.39. The molecule has 2 aromatic rings. The van der Waals surface area contributed by atoms with Crippen LogP contribution in [-0.4, -0.2) is 48.1 Å². The molecule has 0 aromatic heterocycles. The minimum atomic E-state index is -0.292. The molecule has 144 valence electrons. The average molecular weight is 387 g/mol. The Bertz CT molecular complexity index is 736. The highest BCUT2D eigenvalue weighted by atomic mass is 35.5. The van der Waals surface area contributed by atoms with Crippen LogP contribution in [0.15, 0.2) is 54.6 Å². The Hall–Kier alpha value is -1.88. The fraction of sp³-hybridized carbons (Fsp3) is 0.409. The SMILES string of the molecule is CCOC(=O)C1CN(CC)CC(c2ccc(Cl)cc2)N1Cc1ccccc1. The molecule has 2 atom stereocenters. The van der Waals surface area contributed by atoms with Crippen LogP contribution < -0.4 is 0 Å². The predicted molar refractivity (Wildman–Crippen MR) is 109 cm³/mol. The van der Waals surface area contributed by atoms with Gasteiger partial charge in [-0.1, -0.05) is 61.0 Å². The lowest BCUT2D eigenvalue weighted by molar-refractivity contribution is -0.154. The van der Waals surface area contributed by atoms with E-state index in [9.17, 15) is 4.79 Å². The van der Waals surface area contributed by atoms with Gasteiger partial charge in [0.25, 0.3) is 0 Å².